The van der Waals surface area contributed by atoms with E-state index >= 15 is 0 Å². The molecule has 5 nitrogen and oxygen atoms in total. The van der Waals surface area contributed by atoms with Crippen molar-refractivity contribution in [3.8, 4) is 0 Å². The third-order valence-corrected chi connectivity index (χ3v) is 2.40. The Labute approximate surface area is 121 Å². The highest BCUT2D eigenvalue weighted by Crippen LogP contribution is 1.98. The lowest BCUT2D eigenvalue weighted by molar-refractivity contribution is -0.122. The summed E-state index contributed by atoms with van der Waals surface area (Å²) in [6.07, 6.45) is 1.33. The Morgan fingerprint density at radius 2 is 1.84 bits per heavy atom. The zero-order valence-electron chi connectivity index (χ0n) is 12.5. The predicted molar refractivity (Wildman–Crippen MR) is 82.2 cm³/mol. The third kappa shape index (κ3) is 13.4. The predicted octanol–water partition coefficient (Wildman–Crippen LogP) is 1.18. The van der Waals surface area contributed by atoms with Crippen LogP contribution in [0.1, 0.15) is 40.5 Å². The molecule has 0 aromatic rings. The van der Waals surface area contributed by atoms with Gasteiger partial charge in [-0.3, -0.25) is 4.79 Å². The van der Waals surface area contributed by atoms with Gasteiger partial charge < -0.3 is 20.7 Å². The number of nitrogens with one attached hydrogen (secondary N) is 3. The fraction of sp³-hybridized carbons (Fsp3) is 0.846. The number of hydrogen-bond acceptors (Lipinski definition) is 3. The molecule has 19 heavy (non-hydrogen) atoms. The zero-order chi connectivity index (χ0) is 14.7. The van der Waals surface area contributed by atoms with Gasteiger partial charge in [0.25, 0.3) is 0 Å². The summed E-state index contributed by atoms with van der Waals surface area (Å²) in [4.78, 5) is 11.5. The number of carbonyl (C=O) groups is 1. The number of ether oxygens (including phenoxy) is 1. The maximum atomic E-state index is 11.5. The Morgan fingerprint density at radius 3 is 2.42 bits per heavy atom. The first-order chi connectivity index (χ1) is 8.85. The molecule has 0 atom stereocenters. The van der Waals surface area contributed by atoms with Crippen molar-refractivity contribution in [3.63, 3.8) is 0 Å². The Balaban J connectivity index is 3.50. The SMILES string of the molecule is CCOCCCNC(=S)NCCC(=O)NC(C)(C)C. The number of thiocarbonyl (C=S) groups is 1. The van der Waals surface area contributed by atoms with Gasteiger partial charge in [-0.15, -0.1) is 0 Å². The highest BCUT2D eigenvalue weighted by Gasteiger charge is 2.12. The lowest BCUT2D eigenvalue weighted by Gasteiger charge is -2.20. The smallest absolute Gasteiger partial charge is 0.222 e. The van der Waals surface area contributed by atoms with E-state index in [1.807, 2.05) is 27.7 Å². The van der Waals surface area contributed by atoms with E-state index in [2.05, 4.69) is 16.0 Å². The first-order valence-corrected chi connectivity index (χ1v) is 7.16. The Hall–Kier alpha value is -0.880. The van der Waals surface area contributed by atoms with Crippen molar-refractivity contribution in [1.82, 2.24) is 16.0 Å². The Morgan fingerprint density at radius 1 is 1.21 bits per heavy atom. The number of hydrogen-bond donors (Lipinski definition) is 3. The molecule has 0 radical (unpaired) electrons. The molecule has 0 saturated heterocycles. The number of amides is 1. The molecule has 1 amide bonds. The molecule has 0 aliphatic heterocycles. The van der Waals surface area contributed by atoms with Crippen LogP contribution in [0.2, 0.25) is 0 Å². The quantitative estimate of drug-likeness (QED) is 0.463. The second kappa shape index (κ2) is 9.97. The molecule has 0 fully saturated rings. The molecule has 0 aromatic heterocycles. The average Bonchev–Trinajstić information content (AvgIpc) is 2.26. The van der Waals surface area contributed by atoms with Gasteiger partial charge >= 0.3 is 0 Å². The maximum absolute atomic E-state index is 11.5. The minimum absolute atomic E-state index is 0.0270. The monoisotopic (exact) mass is 289 g/mol. The summed E-state index contributed by atoms with van der Waals surface area (Å²) in [7, 11) is 0. The fourth-order valence-corrected chi connectivity index (χ4v) is 1.56. The van der Waals surface area contributed by atoms with Crippen molar-refractivity contribution >= 4 is 23.2 Å². The van der Waals surface area contributed by atoms with Crippen LogP contribution in [0, 0.1) is 0 Å². The summed E-state index contributed by atoms with van der Waals surface area (Å²) in [5.74, 6) is 0.0270. The second-order valence-corrected chi connectivity index (χ2v) is 5.69. The van der Waals surface area contributed by atoms with Crippen molar-refractivity contribution in [1.29, 1.82) is 0 Å². The van der Waals surface area contributed by atoms with Gasteiger partial charge in [0.05, 0.1) is 0 Å². The molecular weight excluding hydrogens is 262 g/mol. The first kappa shape index (κ1) is 18.1. The number of rotatable bonds is 8. The second-order valence-electron chi connectivity index (χ2n) is 5.28. The molecule has 0 bridgehead atoms. The minimum atomic E-state index is -0.185. The van der Waals surface area contributed by atoms with E-state index in [-0.39, 0.29) is 11.4 Å². The lowest BCUT2D eigenvalue weighted by Crippen LogP contribution is -2.43. The number of carbonyl (C=O) groups excluding carboxylic acids is 1. The molecule has 6 heteroatoms. The molecule has 0 aliphatic rings. The Bertz CT molecular complexity index is 278. The molecule has 0 saturated carbocycles. The highest BCUT2D eigenvalue weighted by molar-refractivity contribution is 7.80. The van der Waals surface area contributed by atoms with Crippen LogP contribution < -0.4 is 16.0 Å². The van der Waals surface area contributed by atoms with Gasteiger partial charge in [0.1, 0.15) is 0 Å². The van der Waals surface area contributed by atoms with Gasteiger partial charge in [0.2, 0.25) is 5.91 Å². The summed E-state index contributed by atoms with van der Waals surface area (Å²) in [6.45, 7) is 10.7. The van der Waals surface area contributed by atoms with Crippen LogP contribution >= 0.6 is 12.2 Å². The van der Waals surface area contributed by atoms with E-state index in [0.717, 1.165) is 26.2 Å². The van der Waals surface area contributed by atoms with E-state index in [9.17, 15) is 4.79 Å². The summed E-state index contributed by atoms with van der Waals surface area (Å²) >= 11 is 5.10. The average molecular weight is 289 g/mol. The molecule has 0 unspecified atom stereocenters. The van der Waals surface area contributed by atoms with Crippen LogP contribution in [0.25, 0.3) is 0 Å². The van der Waals surface area contributed by atoms with Gasteiger partial charge in [-0.05, 0) is 46.3 Å². The first-order valence-electron chi connectivity index (χ1n) is 6.75. The highest BCUT2D eigenvalue weighted by atomic mass is 32.1. The lowest BCUT2D eigenvalue weighted by atomic mass is 10.1. The summed E-state index contributed by atoms with van der Waals surface area (Å²) in [5, 5.41) is 9.56. The molecule has 0 heterocycles. The van der Waals surface area contributed by atoms with E-state index in [4.69, 9.17) is 17.0 Å². The van der Waals surface area contributed by atoms with Crippen molar-refractivity contribution in [2.75, 3.05) is 26.3 Å². The molecule has 3 N–H and O–H groups in total. The van der Waals surface area contributed by atoms with Crippen molar-refractivity contribution in [3.05, 3.63) is 0 Å². The molecular formula is C13H27N3O2S. The van der Waals surface area contributed by atoms with Crippen LogP contribution in [-0.4, -0.2) is 42.9 Å². The Kier molecular flexibility index (Phi) is 9.51. The van der Waals surface area contributed by atoms with E-state index in [1.54, 1.807) is 0 Å². The van der Waals surface area contributed by atoms with Crippen LogP contribution in [0.5, 0.6) is 0 Å². The fourth-order valence-electron chi connectivity index (χ4n) is 1.35. The largest absolute Gasteiger partial charge is 0.382 e. The minimum Gasteiger partial charge on any atom is -0.382 e. The van der Waals surface area contributed by atoms with Gasteiger partial charge in [-0.1, -0.05) is 0 Å². The summed E-state index contributed by atoms with van der Waals surface area (Å²) < 4.78 is 5.22. The summed E-state index contributed by atoms with van der Waals surface area (Å²) in [5.41, 5.74) is -0.185. The molecule has 0 aromatic carbocycles. The molecule has 0 spiro atoms. The normalized spacial score (nSPS) is 10.9. The zero-order valence-corrected chi connectivity index (χ0v) is 13.3. The van der Waals surface area contributed by atoms with Crippen LogP contribution in [0.3, 0.4) is 0 Å². The molecule has 0 aliphatic carbocycles. The van der Waals surface area contributed by atoms with E-state index < -0.39 is 0 Å². The summed E-state index contributed by atoms with van der Waals surface area (Å²) in [6, 6.07) is 0. The van der Waals surface area contributed by atoms with Gasteiger partial charge in [-0.25, -0.2) is 0 Å². The van der Waals surface area contributed by atoms with Crippen LogP contribution in [-0.2, 0) is 9.53 Å². The van der Waals surface area contributed by atoms with E-state index in [1.165, 1.54) is 0 Å². The van der Waals surface area contributed by atoms with Crippen LogP contribution in [0.15, 0.2) is 0 Å². The van der Waals surface area contributed by atoms with Crippen molar-refractivity contribution in [2.24, 2.45) is 0 Å². The van der Waals surface area contributed by atoms with Crippen molar-refractivity contribution < 1.29 is 9.53 Å². The van der Waals surface area contributed by atoms with Gasteiger partial charge in [0.15, 0.2) is 5.11 Å². The van der Waals surface area contributed by atoms with Gasteiger partial charge in [0, 0.05) is 38.3 Å². The van der Waals surface area contributed by atoms with Crippen molar-refractivity contribution in [2.45, 2.75) is 46.1 Å². The molecule has 112 valence electrons. The topological polar surface area (TPSA) is 62.4 Å². The van der Waals surface area contributed by atoms with Gasteiger partial charge in [-0.2, -0.15) is 0 Å². The third-order valence-electron chi connectivity index (χ3n) is 2.11. The molecule has 0 rings (SSSR count). The standard InChI is InChI=1S/C13H27N3O2S/c1-5-18-10-6-8-14-12(19)15-9-7-11(17)16-13(2,3)4/h5-10H2,1-4H3,(H,16,17)(H2,14,15,19). The maximum Gasteiger partial charge on any atom is 0.222 e. The van der Waals surface area contributed by atoms with E-state index in [0.29, 0.717) is 18.1 Å². The van der Waals surface area contributed by atoms with Crippen LogP contribution in [0.4, 0.5) is 0 Å².